The van der Waals surface area contributed by atoms with Crippen molar-refractivity contribution in [3.63, 3.8) is 0 Å². The van der Waals surface area contributed by atoms with Crippen LogP contribution in [0.3, 0.4) is 0 Å². The molecule has 1 heterocycles. The van der Waals surface area contributed by atoms with Crippen molar-refractivity contribution in [2.45, 2.75) is 19.1 Å². The van der Waals surface area contributed by atoms with Gasteiger partial charge in [-0.05, 0) is 30.2 Å². The molecule has 2 N–H and O–H groups in total. The molecule has 1 aromatic carbocycles. The third kappa shape index (κ3) is 2.65. The van der Waals surface area contributed by atoms with Gasteiger partial charge in [-0.2, -0.15) is 0 Å². The summed E-state index contributed by atoms with van der Waals surface area (Å²) in [5.74, 6) is 0.806. The van der Waals surface area contributed by atoms with Gasteiger partial charge in [0.1, 0.15) is 5.75 Å². The largest absolute Gasteiger partial charge is 0.497 e. The number of methoxy groups -OCH3 is 1. The van der Waals surface area contributed by atoms with Crippen molar-refractivity contribution in [2.75, 3.05) is 26.1 Å². The van der Waals surface area contributed by atoms with Crippen molar-refractivity contribution in [1.29, 1.82) is 0 Å². The second-order valence-electron chi connectivity index (χ2n) is 3.79. The minimum absolute atomic E-state index is 0.178. The smallest absolute Gasteiger partial charge is 0.161 e. The Morgan fingerprint density at radius 2 is 2.12 bits per heavy atom. The first-order valence-electron chi connectivity index (χ1n) is 5.45. The van der Waals surface area contributed by atoms with E-state index in [1.165, 1.54) is 0 Å². The molecule has 0 amide bonds. The molecule has 4 heteroatoms. The third-order valence-corrected chi connectivity index (χ3v) is 2.63. The maximum Gasteiger partial charge on any atom is 0.161 e. The minimum atomic E-state index is -0.178. The number of rotatable bonds is 3. The summed E-state index contributed by atoms with van der Waals surface area (Å²) in [6, 6.07) is 5.62. The van der Waals surface area contributed by atoms with E-state index in [2.05, 4.69) is 0 Å². The molecule has 88 valence electrons. The highest BCUT2D eigenvalue weighted by molar-refractivity contribution is 5.50. The van der Waals surface area contributed by atoms with Crippen LogP contribution in [0.1, 0.15) is 12.0 Å². The molecule has 4 nitrogen and oxygen atoms in total. The number of nitrogen functional groups attached to an aromatic ring is 1. The van der Waals surface area contributed by atoms with E-state index < -0.39 is 0 Å². The zero-order valence-corrected chi connectivity index (χ0v) is 9.44. The van der Waals surface area contributed by atoms with Crippen LogP contribution in [-0.2, 0) is 15.9 Å². The molecule has 1 aliphatic heterocycles. The van der Waals surface area contributed by atoms with E-state index in [1.54, 1.807) is 7.11 Å². The van der Waals surface area contributed by atoms with E-state index >= 15 is 0 Å². The molecular formula is C12H17NO3. The summed E-state index contributed by atoms with van der Waals surface area (Å²) in [5.41, 5.74) is 7.65. The lowest BCUT2D eigenvalue weighted by Crippen LogP contribution is -2.27. The van der Waals surface area contributed by atoms with Gasteiger partial charge in [-0.25, -0.2) is 0 Å². The number of benzene rings is 1. The molecular weight excluding hydrogens is 206 g/mol. The predicted octanol–water partition coefficient (Wildman–Crippen LogP) is 1.58. The third-order valence-electron chi connectivity index (χ3n) is 2.63. The molecule has 0 spiro atoms. The first-order valence-corrected chi connectivity index (χ1v) is 5.45. The number of hydrogen-bond acceptors (Lipinski definition) is 4. The Kier molecular flexibility index (Phi) is 3.64. The Bertz CT molecular complexity index is 348. The summed E-state index contributed by atoms with van der Waals surface area (Å²) in [7, 11) is 1.64. The second-order valence-corrected chi connectivity index (χ2v) is 3.79. The quantitative estimate of drug-likeness (QED) is 0.790. The lowest BCUT2D eigenvalue weighted by atomic mass is 10.1. The van der Waals surface area contributed by atoms with Gasteiger partial charge in [-0.1, -0.05) is 0 Å². The highest BCUT2D eigenvalue weighted by atomic mass is 16.7. The van der Waals surface area contributed by atoms with Crippen LogP contribution in [0.15, 0.2) is 18.2 Å². The van der Waals surface area contributed by atoms with Crippen LogP contribution < -0.4 is 10.5 Å². The first-order chi connectivity index (χ1) is 7.79. The van der Waals surface area contributed by atoms with Crippen LogP contribution >= 0.6 is 0 Å². The number of ether oxygens (including phenoxy) is 3. The van der Waals surface area contributed by atoms with Crippen LogP contribution in [0.5, 0.6) is 5.75 Å². The molecule has 0 unspecified atom stereocenters. The molecule has 1 aliphatic rings. The number of nitrogens with two attached hydrogens (primary N) is 1. The van der Waals surface area contributed by atoms with Gasteiger partial charge in [0, 0.05) is 12.1 Å². The van der Waals surface area contributed by atoms with E-state index in [0.29, 0.717) is 6.42 Å². The average molecular weight is 223 g/mol. The summed E-state index contributed by atoms with van der Waals surface area (Å²) >= 11 is 0. The van der Waals surface area contributed by atoms with Gasteiger partial charge in [0.25, 0.3) is 0 Å². The summed E-state index contributed by atoms with van der Waals surface area (Å²) in [5, 5.41) is 0. The topological polar surface area (TPSA) is 53.7 Å². The monoisotopic (exact) mass is 223 g/mol. The average Bonchev–Trinajstić information content (AvgIpc) is 2.33. The van der Waals surface area contributed by atoms with Gasteiger partial charge in [0.05, 0.1) is 20.3 Å². The zero-order chi connectivity index (χ0) is 11.4. The van der Waals surface area contributed by atoms with E-state index in [4.69, 9.17) is 19.9 Å². The standard InChI is InChI=1S/C12H17NO3/c1-14-10-3-4-11(13)9(7-10)8-12-15-5-2-6-16-12/h3-4,7,12H,2,5-6,8,13H2,1H3. The minimum Gasteiger partial charge on any atom is -0.497 e. The Hall–Kier alpha value is -1.26. The van der Waals surface area contributed by atoms with E-state index in [0.717, 1.165) is 36.6 Å². The normalized spacial score (nSPS) is 17.3. The molecule has 2 rings (SSSR count). The maximum absolute atomic E-state index is 5.89. The Morgan fingerprint density at radius 1 is 1.38 bits per heavy atom. The number of anilines is 1. The summed E-state index contributed by atoms with van der Waals surface area (Å²) < 4.78 is 16.1. The van der Waals surface area contributed by atoms with Gasteiger partial charge in [-0.15, -0.1) is 0 Å². The second kappa shape index (κ2) is 5.18. The Morgan fingerprint density at radius 3 is 2.81 bits per heavy atom. The summed E-state index contributed by atoms with van der Waals surface area (Å²) in [4.78, 5) is 0. The van der Waals surface area contributed by atoms with Crippen LogP contribution in [0.4, 0.5) is 5.69 Å². The molecule has 0 saturated carbocycles. The maximum atomic E-state index is 5.89. The van der Waals surface area contributed by atoms with Gasteiger partial charge in [0.15, 0.2) is 6.29 Å². The van der Waals surface area contributed by atoms with Gasteiger partial charge in [-0.3, -0.25) is 0 Å². The Labute approximate surface area is 95.3 Å². The van der Waals surface area contributed by atoms with E-state index in [1.807, 2.05) is 18.2 Å². The molecule has 1 fully saturated rings. The Balaban J connectivity index is 2.06. The van der Waals surface area contributed by atoms with Gasteiger partial charge < -0.3 is 19.9 Å². The molecule has 0 radical (unpaired) electrons. The lowest BCUT2D eigenvalue weighted by Gasteiger charge is -2.23. The fourth-order valence-electron chi connectivity index (χ4n) is 1.72. The summed E-state index contributed by atoms with van der Waals surface area (Å²) in [6.07, 6.45) is 1.45. The molecule has 0 aromatic heterocycles. The molecule has 1 aromatic rings. The zero-order valence-electron chi connectivity index (χ0n) is 9.44. The molecule has 16 heavy (non-hydrogen) atoms. The predicted molar refractivity (Wildman–Crippen MR) is 61.4 cm³/mol. The summed E-state index contributed by atoms with van der Waals surface area (Å²) in [6.45, 7) is 1.52. The van der Waals surface area contributed by atoms with Crippen molar-refractivity contribution in [3.8, 4) is 5.75 Å². The molecule has 0 atom stereocenters. The van der Waals surface area contributed by atoms with Crippen molar-refractivity contribution in [3.05, 3.63) is 23.8 Å². The number of hydrogen-bond donors (Lipinski definition) is 1. The highest BCUT2D eigenvalue weighted by Gasteiger charge is 2.16. The first kappa shape index (κ1) is 11.2. The van der Waals surface area contributed by atoms with E-state index in [-0.39, 0.29) is 6.29 Å². The molecule has 1 saturated heterocycles. The van der Waals surface area contributed by atoms with E-state index in [9.17, 15) is 0 Å². The fraction of sp³-hybridized carbons (Fsp3) is 0.500. The van der Waals surface area contributed by atoms with Crippen molar-refractivity contribution in [1.82, 2.24) is 0 Å². The molecule has 0 aliphatic carbocycles. The molecule has 0 bridgehead atoms. The van der Waals surface area contributed by atoms with Crippen LogP contribution in [0.2, 0.25) is 0 Å². The lowest BCUT2D eigenvalue weighted by molar-refractivity contribution is -0.176. The van der Waals surface area contributed by atoms with Crippen LogP contribution in [0.25, 0.3) is 0 Å². The highest BCUT2D eigenvalue weighted by Crippen LogP contribution is 2.22. The van der Waals surface area contributed by atoms with Crippen molar-refractivity contribution in [2.24, 2.45) is 0 Å². The van der Waals surface area contributed by atoms with Gasteiger partial charge >= 0.3 is 0 Å². The van der Waals surface area contributed by atoms with Crippen molar-refractivity contribution >= 4 is 5.69 Å². The SMILES string of the molecule is COc1ccc(N)c(CC2OCCCO2)c1. The van der Waals surface area contributed by atoms with Gasteiger partial charge in [0.2, 0.25) is 0 Å². The fourth-order valence-corrected chi connectivity index (χ4v) is 1.72. The van der Waals surface area contributed by atoms with Crippen LogP contribution in [0, 0.1) is 0 Å². The van der Waals surface area contributed by atoms with Crippen molar-refractivity contribution < 1.29 is 14.2 Å². The van der Waals surface area contributed by atoms with Crippen LogP contribution in [-0.4, -0.2) is 26.6 Å².